The third kappa shape index (κ3) is 6.41. The first-order valence-corrected chi connectivity index (χ1v) is 11.9. The number of ether oxygens (including phenoxy) is 2. The summed E-state index contributed by atoms with van der Waals surface area (Å²) < 4.78 is 10.7. The second-order valence-corrected chi connectivity index (χ2v) is 9.95. The van der Waals surface area contributed by atoms with Gasteiger partial charge in [0.15, 0.2) is 6.04 Å². The van der Waals surface area contributed by atoms with Crippen molar-refractivity contribution in [3.63, 3.8) is 0 Å². The van der Waals surface area contributed by atoms with E-state index in [0.29, 0.717) is 0 Å². The minimum Gasteiger partial charge on any atom is -0.458 e. The summed E-state index contributed by atoms with van der Waals surface area (Å²) in [5.41, 5.74) is 3.39. The van der Waals surface area contributed by atoms with Crippen molar-refractivity contribution < 1.29 is 34.1 Å². The zero-order valence-corrected chi connectivity index (χ0v) is 21.1. The van der Waals surface area contributed by atoms with Gasteiger partial charge in [0, 0.05) is 5.92 Å². The molecule has 1 aliphatic carbocycles. The average Bonchev–Trinajstić information content (AvgIpc) is 3.11. The molecule has 0 aromatic heterocycles. The summed E-state index contributed by atoms with van der Waals surface area (Å²) in [5.74, 6) is -1.87. The van der Waals surface area contributed by atoms with E-state index in [1.807, 2.05) is 48.5 Å². The number of aliphatic hydroxyl groups excluding tert-OH is 2. The summed E-state index contributed by atoms with van der Waals surface area (Å²) in [5, 5.41) is 24.9. The summed E-state index contributed by atoms with van der Waals surface area (Å²) >= 11 is 0. The first kappa shape index (κ1) is 27.2. The number of benzene rings is 2. The number of esters is 1. The molecule has 9 heteroatoms. The first-order chi connectivity index (χ1) is 16.9. The predicted octanol–water partition coefficient (Wildman–Crippen LogP) is 2.48. The Morgan fingerprint density at radius 3 is 1.83 bits per heavy atom. The normalized spacial score (nSPS) is 16.1. The van der Waals surface area contributed by atoms with Crippen molar-refractivity contribution in [2.24, 2.45) is 0 Å². The van der Waals surface area contributed by atoms with Crippen LogP contribution in [-0.4, -0.2) is 64.7 Å². The largest absolute Gasteiger partial charge is 0.458 e. The van der Waals surface area contributed by atoms with Gasteiger partial charge in [0.25, 0.3) is 0 Å². The Morgan fingerprint density at radius 2 is 1.36 bits per heavy atom. The fourth-order valence-corrected chi connectivity index (χ4v) is 4.16. The van der Waals surface area contributed by atoms with Crippen molar-refractivity contribution in [3.05, 3.63) is 59.7 Å². The molecule has 0 spiro atoms. The van der Waals surface area contributed by atoms with Gasteiger partial charge >= 0.3 is 12.1 Å². The highest BCUT2D eigenvalue weighted by molar-refractivity contribution is 5.90. The van der Waals surface area contributed by atoms with Crippen LogP contribution in [0.3, 0.4) is 0 Å². The molecule has 9 nitrogen and oxygen atoms in total. The maximum atomic E-state index is 12.8. The van der Waals surface area contributed by atoms with E-state index < -0.39 is 47.9 Å². The molecule has 0 heterocycles. The Labute approximate surface area is 210 Å². The van der Waals surface area contributed by atoms with E-state index >= 15 is 0 Å². The summed E-state index contributed by atoms with van der Waals surface area (Å²) in [7, 11) is 0. The van der Waals surface area contributed by atoms with Crippen LogP contribution in [0, 0.1) is 0 Å². The molecular weight excluding hydrogens is 464 g/mol. The van der Waals surface area contributed by atoms with Crippen molar-refractivity contribution in [1.29, 1.82) is 0 Å². The number of carbonyl (C=O) groups excluding carboxylic acids is 3. The van der Waals surface area contributed by atoms with Gasteiger partial charge in [-0.3, -0.25) is 4.79 Å². The van der Waals surface area contributed by atoms with Crippen LogP contribution in [0.15, 0.2) is 48.5 Å². The van der Waals surface area contributed by atoms with Crippen LogP contribution in [0.4, 0.5) is 4.79 Å². The topological polar surface area (TPSA) is 134 Å². The molecule has 1 aliphatic rings. The van der Waals surface area contributed by atoms with Crippen molar-refractivity contribution in [3.8, 4) is 11.1 Å². The smallest absolute Gasteiger partial charge is 0.407 e. The number of rotatable bonds is 8. The van der Waals surface area contributed by atoms with Crippen molar-refractivity contribution in [2.75, 3.05) is 6.61 Å². The summed E-state index contributed by atoms with van der Waals surface area (Å²) in [4.78, 5) is 37.9. The molecule has 0 bridgehead atoms. The lowest BCUT2D eigenvalue weighted by Crippen LogP contribution is -2.58. The van der Waals surface area contributed by atoms with E-state index in [9.17, 15) is 24.6 Å². The lowest BCUT2D eigenvalue weighted by Gasteiger charge is -2.28. The molecular formula is C27H34N2O7. The van der Waals surface area contributed by atoms with Gasteiger partial charge in [-0.05, 0) is 56.9 Å². The van der Waals surface area contributed by atoms with Gasteiger partial charge in [-0.15, -0.1) is 0 Å². The number of hydrogen-bond acceptors (Lipinski definition) is 7. The van der Waals surface area contributed by atoms with Gasteiger partial charge in [-0.25, -0.2) is 9.59 Å². The summed E-state index contributed by atoms with van der Waals surface area (Å²) in [6.45, 7) is 7.64. The van der Waals surface area contributed by atoms with E-state index in [0.717, 1.165) is 22.3 Å². The number of alkyl carbamates (subject to hydrolysis) is 1. The second-order valence-electron chi connectivity index (χ2n) is 9.95. The van der Waals surface area contributed by atoms with Crippen molar-refractivity contribution >= 4 is 18.0 Å². The predicted molar refractivity (Wildman–Crippen MR) is 133 cm³/mol. The molecule has 0 fully saturated rings. The van der Waals surface area contributed by atoms with Gasteiger partial charge in [-0.1, -0.05) is 48.5 Å². The maximum absolute atomic E-state index is 12.8. The van der Waals surface area contributed by atoms with Crippen LogP contribution in [0.5, 0.6) is 0 Å². The van der Waals surface area contributed by atoms with Crippen LogP contribution in [0.2, 0.25) is 0 Å². The van der Waals surface area contributed by atoms with E-state index in [1.54, 1.807) is 20.8 Å². The molecule has 0 radical (unpaired) electrons. The van der Waals surface area contributed by atoms with Gasteiger partial charge in [0.2, 0.25) is 5.91 Å². The van der Waals surface area contributed by atoms with Crippen molar-refractivity contribution in [2.45, 2.75) is 70.4 Å². The SMILES string of the molecule is C[C@@H](O)[C@H](NC(=O)OCC1c2ccccc2-c2ccccc21)C(=O)N[C@@H](C(=O)OC(C)(C)C)[C@@H](C)O. The molecule has 0 saturated carbocycles. The number of aliphatic hydroxyl groups is 2. The number of fused-ring (bicyclic) bond motifs is 3. The van der Waals surface area contributed by atoms with Gasteiger partial charge in [0.05, 0.1) is 12.2 Å². The van der Waals surface area contributed by atoms with Crippen LogP contribution in [-0.2, 0) is 19.1 Å². The fourth-order valence-electron chi connectivity index (χ4n) is 4.16. The van der Waals surface area contributed by atoms with Crippen LogP contribution in [0.1, 0.15) is 51.7 Å². The van der Waals surface area contributed by atoms with Gasteiger partial charge in [0.1, 0.15) is 18.2 Å². The van der Waals surface area contributed by atoms with Crippen LogP contribution in [0.25, 0.3) is 11.1 Å². The van der Waals surface area contributed by atoms with E-state index in [-0.39, 0.29) is 12.5 Å². The van der Waals surface area contributed by atoms with Gasteiger partial charge < -0.3 is 30.3 Å². The Kier molecular flexibility index (Phi) is 8.37. The molecule has 0 unspecified atom stereocenters. The lowest BCUT2D eigenvalue weighted by atomic mass is 9.98. The quantitative estimate of drug-likeness (QED) is 0.411. The third-order valence-corrected chi connectivity index (χ3v) is 5.82. The number of nitrogens with one attached hydrogen (secondary N) is 2. The highest BCUT2D eigenvalue weighted by atomic mass is 16.6. The number of amides is 2. The molecule has 0 aliphatic heterocycles. The molecule has 36 heavy (non-hydrogen) atoms. The van der Waals surface area contributed by atoms with E-state index in [4.69, 9.17) is 9.47 Å². The summed E-state index contributed by atoms with van der Waals surface area (Å²) in [6, 6.07) is 13.0. The minimum absolute atomic E-state index is 0.0300. The molecule has 194 valence electrons. The molecule has 2 aromatic rings. The van der Waals surface area contributed by atoms with E-state index in [2.05, 4.69) is 10.6 Å². The molecule has 3 rings (SSSR count). The molecule has 0 saturated heterocycles. The highest BCUT2D eigenvalue weighted by Gasteiger charge is 2.35. The Morgan fingerprint density at radius 1 is 0.861 bits per heavy atom. The highest BCUT2D eigenvalue weighted by Crippen LogP contribution is 2.44. The van der Waals surface area contributed by atoms with Crippen LogP contribution < -0.4 is 10.6 Å². The standard InChI is InChI=1S/C27H34N2O7/c1-15(30)22(24(32)28-23(16(2)31)25(33)36-27(3,4)5)29-26(34)35-14-21-19-12-8-6-10-17(19)18-11-7-9-13-20(18)21/h6-13,15-16,21-23,30-31H,14H2,1-5H3,(H,28,32)(H,29,34)/t15-,16-,22+,23-/m1/s1. The Balaban J connectivity index is 1.66. The fraction of sp³-hybridized carbons (Fsp3) is 0.444. The third-order valence-electron chi connectivity index (χ3n) is 5.82. The number of carbonyl (C=O) groups is 3. The molecule has 2 aromatic carbocycles. The lowest BCUT2D eigenvalue weighted by molar-refractivity contribution is -0.161. The maximum Gasteiger partial charge on any atom is 0.407 e. The Bertz CT molecular complexity index is 1060. The van der Waals surface area contributed by atoms with Gasteiger partial charge in [-0.2, -0.15) is 0 Å². The first-order valence-electron chi connectivity index (χ1n) is 11.9. The zero-order chi connectivity index (χ0) is 26.6. The van der Waals surface area contributed by atoms with Crippen molar-refractivity contribution in [1.82, 2.24) is 10.6 Å². The minimum atomic E-state index is -1.43. The molecule has 2 amide bonds. The van der Waals surface area contributed by atoms with Crippen LogP contribution >= 0.6 is 0 Å². The zero-order valence-electron chi connectivity index (χ0n) is 21.1. The Hall–Kier alpha value is -3.43. The van der Waals surface area contributed by atoms with E-state index in [1.165, 1.54) is 13.8 Å². The summed E-state index contributed by atoms with van der Waals surface area (Å²) in [6.07, 6.45) is -3.48. The monoisotopic (exact) mass is 498 g/mol. The molecule has 4 N–H and O–H groups in total. The number of hydrogen-bond donors (Lipinski definition) is 4. The second kappa shape index (κ2) is 11.1. The average molecular weight is 499 g/mol. The molecule has 4 atom stereocenters.